The van der Waals surface area contributed by atoms with Crippen molar-refractivity contribution in [1.82, 2.24) is 24.7 Å². The van der Waals surface area contributed by atoms with Gasteiger partial charge in [0.25, 0.3) is 5.91 Å². The maximum Gasteiger partial charge on any atom is 0.271 e. The fraction of sp³-hybridized carbons (Fsp3) is 0.217. The molecule has 0 bridgehead atoms. The van der Waals surface area contributed by atoms with Crippen LogP contribution in [0.3, 0.4) is 0 Å². The normalized spacial score (nSPS) is 12.5. The first-order chi connectivity index (χ1) is 15.6. The number of carbonyl (C=O) groups excluding carboxylic acids is 1. The van der Waals surface area contributed by atoms with Crippen molar-refractivity contribution in [3.8, 4) is 16.9 Å². The second-order valence-electron chi connectivity index (χ2n) is 7.48. The van der Waals surface area contributed by atoms with E-state index in [0.29, 0.717) is 35.8 Å². The van der Waals surface area contributed by atoms with Crippen LogP contribution in [0, 0.1) is 12.7 Å². The van der Waals surface area contributed by atoms with E-state index in [-0.39, 0.29) is 24.0 Å². The standard InChI is InChI=1S/C23H21FN6O2/c1-13-14(4-3-8-26-13)17-11-28-23(30-12-29-20(21(17)30)22(31)25-2)27-10-16-15-7-9-32-19(15)6-5-18(16)24/h3-6,8,11-12H,7,9-10H2,1-2H3,(H,25,31)(H,27,28). The molecule has 9 heteroatoms. The molecule has 162 valence electrons. The van der Waals surface area contributed by atoms with Crippen molar-refractivity contribution in [2.45, 2.75) is 19.9 Å². The number of ether oxygens (including phenoxy) is 1. The van der Waals surface area contributed by atoms with E-state index in [0.717, 1.165) is 22.4 Å². The van der Waals surface area contributed by atoms with E-state index in [9.17, 15) is 9.18 Å². The Morgan fingerprint density at radius 2 is 2.09 bits per heavy atom. The van der Waals surface area contributed by atoms with Gasteiger partial charge < -0.3 is 15.4 Å². The average Bonchev–Trinajstić information content (AvgIpc) is 3.46. The van der Waals surface area contributed by atoms with Gasteiger partial charge in [0.15, 0.2) is 5.69 Å². The minimum absolute atomic E-state index is 0.221. The van der Waals surface area contributed by atoms with Crippen LogP contribution in [0.1, 0.15) is 27.3 Å². The summed E-state index contributed by atoms with van der Waals surface area (Å²) in [6.45, 7) is 2.67. The molecule has 4 aromatic rings. The molecule has 0 unspecified atom stereocenters. The number of imidazole rings is 1. The summed E-state index contributed by atoms with van der Waals surface area (Å²) < 4.78 is 21.8. The van der Waals surface area contributed by atoms with E-state index >= 15 is 0 Å². The minimum Gasteiger partial charge on any atom is -0.493 e. The lowest BCUT2D eigenvalue weighted by atomic mass is 10.0. The molecule has 32 heavy (non-hydrogen) atoms. The van der Waals surface area contributed by atoms with Gasteiger partial charge in [0.1, 0.15) is 17.9 Å². The molecule has 4 heterocycles. The predicted octanol–water partition coefficient (Wildman–Crippen LogP) is 3.15. The number of pyridine rings is 1. The molecule has 0 spiro atoms. The van der Waals surface area contributed by atoms with Crippen molar-refractivity contribution in [3.63, 3.8) is 0 Å². The molecule has 2 N–H and O–H groups in total. The lowest BCUT2D eigenvalue weighted by Crippen LogP contribution is -2.19. The van der Waals surface area contributed by atoms with Crippen molar-refractivity contribution in [1.29, 1.82) is 0 Å². The molecule has 1 aliphatic heterocycles. The first-order valence-corrected chi connectivity index (χ1v) is 10.3. The largest absolute Gasteiger partial charge is 0.493 e. The summed E-state index contributed by atoms with van der Waals surface area (Å²) in [6, 6.07) is 6.84. The number of nitrogens with zero attached hydrogens (tertiary/aromatic N) is 4. The Balaban J connectivity index is 1.60. The Morgan fingerprint density at radius 3 is 2.91 bits per heavy atom. The topological polar surface area (TPSA) is 93.4 Å². The summed E-state index contributed by atoms with van der Waals surface area (Å²) in [6.07, 6.45) is 5.61. The Kier molecular flexibility index (Phi) is 4.93. The molecule has 3 aromatic heterocycles. The van der Waals surface area contributed by atoms with Crippen molar-refractivity contribution in [2.75, 3.05) is 19.0 Å². The van der Waals surface area contributed by atoms with Gasteiger partial charge in [-0.05, 0) is 25.1 Å². The van der Waals surface area contributed by atoms with E-state index in [1.165, 1.54) is 6.07 Å². The number of aryl methyl sites for hydroxylation is 1. The quantitative estimate of drug-likeness (QED) is 0.503. The van der Waals surface area contributed by atoms with Crippen LogP contribution in [0.5, 0.6) is 5.75 Å². The van der Waals surface area contributed by atoms with Gasteiger partial charge in [-0.2, -0.15) is 0 Å². The number of nitrogens with one attached hydrogen (secondary N) is 2. The highest BCUT2D eigenvalue weighted by molar-refractivity contribution is 6.03. The van der Waals surface area contributed by atoms with Crippen LogP contribution in [-0.2, 0) is 13.0 Å². The van der Waals surface area contributed by atoms with Crippen LogP contribution >= 0.6 is 0 Å². The summed E-state index contributed by atoms with van der Waals surface area (Å²) >= 11 is 0. The maximum absolute atomic E-state index is 14.6. The highest BCUT2D eigenvalue weighted by atomic mass is 19.1. The lowest BCUT2D eigenvalue weighted by molar-refractivity contribution is 0.0960. The van der Waals surface area contributed by atoms with Gasteiger partial charge in [0, 0.05) is 60.4 Å². The fourth-order valence-corrected chi connectivity index (χ4v) is 4.07. The summed E-state index contributed by atoms with van der Waals surface area (Å²) in [5.74, 6) is 0.561. The van der Waals surface area contributed by atoms with Crippen LogP contribution in [-0.4, -0.2) is 38.9 Å². The number of aromatic nitrogens is 4. The van der Waals surface area contributed by atoms with E-state index in [1.807, 2.05) is 19.1 Å². The van der Waals surface area contributed by atoms with Gasteiger partial charge >= 0.3 is 0 Å². The van der Waals surface area contributed by atoms with Gasteiger partial charge in [-0.25, -0.2) is 14.4 Å². The first kappa shape index (κ1) is 19.9. The molecule has 5 rings (SSSR count). The van der Waals surface area contributed by atoms with Crippen LogP contribution in [0.2, 0.25) is 0 Å². The number of hydrogen-bond acceptors (Lipinski definition) is 6. The second kappa shape index (κ2) is 7.92. The third kappa shape index (κ3) is 3.22. The highest BCUT2D eigenvalue weighted by Crippen LogP contribution is 2.32. The molecule has 0 fully saturated rings. The summed E-state index contributed by atoms with van der Waals surface area (Å²) in [7, 11) is 1.56. The average molecular weight is 432 g/mol. The Morgan fingerprint density at radius 1 is 1.22 bits per heavy atom. The van der Waals surface area contributed by atoms with Gasteiger partial charge in [-0.15, -0.1) is 0 Å². The number of amides is 1. The number of benzene rings is 1. The third-order valence-electron chi connectivity index (χ3n) is 5.67. The lowest BCUT2D eigenvalue weighted by Gasteiger charge is -2.14. The molecule has 1 aliphatic rings. The minimum atomic E-state index is -0.309. The van der Waals surface area contributed by atoms with Crippen molar-refractivity contribution >= 4 is 17.4 Å². The van der Waals surface area contributed by atoms with Crippen molar-refractivity contribution < 1.29 is 13.9 Å². The van der Waals surface area contributed by atoms with Gasteiger partial charge in [-0.3, -0.25) is 14.2 Å². The fourth-order valence-electron chi connectivity index (χ4n) is 4.07. The molecule has 0 saturated heterocycles. The molecule has 0 saturated carbocycles. The molecule has 0 radical (unpaired) electrons. The summed E-state index contributed by atoms with van der Waals surface area (Å²) in [5, 5.41) is 5.84. The van der Waals surface area contributed by atoms with Crippen molar-refractivity contribution in [2.24, 2.45) is 0 Å². The van der Waals surface area contributed by atoms with Crippen molar-refractivity contribution in [3.05, 3.63) is 71.3 Å². The number of anilines is 1. The zero-order chi connectivity index (χ0) is 22.2. The Hall–Kier alpha value is -4.01. The molecular weight excluding hydrogens is 411 g/mol. The van der Waals surface area contributed by atoms with Crippen LogP contribution in [0.15, 0.2) is 43.0 Å². The number of hydrogen-bond donors (Lipinski definition) is 2. The second-order valence-corrected chi connectivity index (χ2v) is 7.48. The highest BCUT2D eigenvalue weighted by Gasteiger charge is 2.22. The number of carbonyl (C=O) groups is 1. The van der Waals surface area contributed by atoms with Gasteiger partial charge in [0.2, 0.25) is 5.95 Å². The SMILES string of the molecule is CNC(=O)c1ncn2c(NCc3c(F)ccc4c3CCO4)ncc(-c3cccnc3C)c12. The molecule has 1 aromatic carbocycles. The van der Waals surface area contributed by atoms with Gasteiger partial charge in [0.05, 0.1) is 12.1 Å². The first-order valence-electron chi connectivity index (χ1n) is 10.3. The van der Waals surface area contributed by atoms with Crippen LogP contribution in [0.4, 0.5) is 10.3 Å². The number of rotatable bonds is 5. The number of fused-ring (bicyclic) bond motifs is 2. The molecule has 1 amide bonds. The summed E-state index contributed by atoms with van der Waals surface area (Å²) in [5.41, 5.74) is 4.69. The zero-order valence-corrected chi connectivity index (χ0v) is 17.6. The predicted molar refractivity (Wildman–Crippen MR) is 117 cm³/mol. The number of halogens is 1. The maximum atomic E-state index is 14.6. The van der Waals surface area contributed by atoms with E-state index in [1.54, 1.807) is 36.2 Å². The van der Waals surface area contributed by atoms with E-state index in [4.69, 9.17) is 4.74 Å². The van der Waals surface area contributed by atoms with E-state index in [2.05, 4.69) is 25.6 Å². The molecule has 0 aliphatic carbocycles. The zero-order valence-electron chi connectivity index (χ0n) is 17.6. The third-order valence-corrected chi connectivity index (χ3v) is 5.67. The van der Waals surface area contributed by atoms with Crippen LogP contribution in [0.25, 0.3) is 16.6 Å². The van der Waals surface area contributed by atoms with E-state index < -0.39 is 0 Å². The Bertz CT molecular complexity index is 1350. The molecule has 8 nitrogen and oxygen atoms in total. The van der Waals surface area contributed by atoms with Gasteiger partial charge in [-0.1, -0.05) is 6.07 Å². The smallest absolute Gasteiger partial charge is 0.271 e. The Labute approximate surface area is 183 Å². The molecule has 0 atom stereocenters. The molecular formula is C23H21FN6O2. The van der Waals surface area contributed by atoms with Crippen LogP contribution < -0.4 is 15.4 Å². The summed E-state index contributed by atoms with van der Waals surface area (Å²) in [4.78, 5) is 25.8. The monoisotopic (exact) mass is 432 g/mol.